The molecule has 2 N–H and O–H groups in total. The average molecular weight is 312 g/mol. The van der Waals surface area contributed by atoms with Crippen molar-refractivity contribution in [1.29, 1.82) is 0 Å². The minimum Gasteiger partial charge on any atom is -0.395 e. The maximum atomic E-state index is 12.2. The number of para-hydroxylation sites is 1. The molecule has 23 heavy (non-hydrogen) atoms. The lowest BCUT2D eigenvalue weighted by atomic mass is 10.1. The van der Waals surface area contributed by atoms with Gasteiger partial charge in [0.15, 0.2) is 5.78 Å². The molecule has 0 fully saturated rings. The van der Waals surface area contributed by atoms with Gasteiger partial charge in [-0.2, -0.15) is 0 Å². The van der Waals surface area contributed by atoms with Crippen LogP contribution in [0.4, 0.5) is 11.4 Å². The van der Waals surface area contributed by atoms with Gasteiger partial charge in [-0.1, -0.05) is 30.3 Å². The van der Waals surface area contributed by atoms with Gasteiger partial charge in [-0.15, -0.1) is 0 Å². The largest absolute Gasteiger partial charge is 0.395 e. The zero-order chi connectivity index (χ0) is 16.7. The van der Waals surface area contributed by atoms with Gasteiger partial charge in [-0.3, -0.25) is 9.59 Å². The zero-order valence-corrected chi connectivity index (χ0v) is 13.0. The van der Waals surface area contributed by atoms with E-state index in [1.807, 2.05) is 30.3 Å². The molecule has 0 aliphatic rings. The number of ketones is 1. The molecule has 5 nitrogen and oxygen atoms in total. The highest BCUT2D eigenvalue weighted by molar-refractivity contribution is 5.98. The van der Waals surface area contributed by atoms with Crippen molar-refractivity contribution in [3.63, 3.8) is 0 Å². The Labute approximate surface area is 135 Å². The first-order valence-electron chi connectivity index (χ1n) is 7.42. The number of hydrogen-bond acceptors (Lipinski definition) is 4. The molecule has 0 heterocycles. The fraction of sp³-hybridized carbons (Fsp3) is 0.222. The summed E-state index contributed by atoms with van der Waals surface area (Å²) in [7, 11) is 0. The topological polar surface area (TPSA) is 69.6 Å². The Hall–Kier alpha value is -2.66. The zero-order valence-electron chi connectivity index (χ0n) is 13.0. The van der Waals surface area contributed by atoms with Crippen LogP contribution in [0.2, 0.25) is 0 Å². The summed E-state index contributed by atoms with van der Waals surface area (Å²) in [6.07, 6.45) is 0. The van der Waals surface area contributed by atoms with Gasteiger partial charge in [0.25, 0.3) is 0 Å². The highest BCUT2D eigenvalue weighted by Gasteiger charge is 2.11. The molecule has 0 bridgehead atoms. The third kappa shape index (κ3) is 4.93. The smallest absolute Gasteiger partial charge is 0.243 e. The summed E-state index contributed by atoms with van der Waals surface area (Å²) in [4.78, 5) is 25.4. The van der Waals surface area contributed by atoms with E-state index in [1.165, 1.54) is 6.92 Å². The normalized spacial score (nSPS) is 10.2. The quantitative estimate of drug-likeness (QED) is 0.770. The van der Waals surface area contributed by atoms with Crippen molar-refractivity contribution < 1.29 is 14.7 Å². The Balaban J connectivity index is 2.05. The molecule has 2 aromatic carbocycles. The van der Waals surface area contributed by atoms with Crippen LogP contribution in [0.3, 0.4) is 0 Å². The first kappa shape index (κ1) is 16.7. The van der Waals surface area contributed by atoms with Gasteiger partial charge in [-0.05, 0) is 31.2 Å². The summed E-state index contributed by atoms with van der Waals surface area (Å²) >= 11 is 0. The van der Waals surface area contributed by atoms with Gasteiger partial charge in [-0.25, -0.2) is 0 Å². The summed E-state index contributed by atoms with van der Waals surface area (Å²) in [5.41, 5.74) is 2.01. The highest BCUT2D eigenvalue weighted by atomic mass is 16.3. The number of carbonyl (C=O) groups is 2. The van der Waals surface area contributed by atoms with Crippen LogP contribution < -0.4 is 10.2 Å². The van der Waals surface area contributed by atoms with E-state index in [-0.39, 0.29) is 24.8 Å². The van der Waals surface area contributed by atoms with E-state index in [0.29, 0.717) is 17.8 Å². The van der Waals surface area contributed by atoms with Gasteiger partial charge >= 0.3 is 0 Å². The first-order valence-corrected chi connectivity index (χ1v) is 7.42. The predicted octanol–water partition coefficient (Wildman–Crippen LogP) is 2.33. The SMILES string of the molecule is CC(=O)c1cccc(NC(=O)CN(CCO)c2ccccc2)c1. The summed E-state index contributed by atoms with van der Waals surface area (Å²) in [5.74, 6) is -0.254. The summed E-state index contributed by atoms with van der Waals surface area (Å²) in [6, 6.07) is 16.3. The van der Waals surface area contributed by atoms with E-state index in [2.05, 4.69) is 5.32 Å². The third-order valence-corrected chi connectivity index (χ3v) is 3.38. The highest BCUT2D eigenvalue weighted by Crippen LogP contribution is 2.14. The molecule has 0 atom stereocenters. The number of aliphatic hydroxyl groups excluding tert-OH is 1. The van der Waals surface area contributed by atoms with E-state index in [0.717, 1.165) is 5.69 Å². The molecular formula is C18H20N2O3. The van der Waals surface area contributed by atoms with Crippen molar-refractivity contribution in [2.75, 3.05) is 29.9 Å². The van der Waals surface area contributed by atoms with Gasteiger partial charge < -0.3 is 15.3 Å². The van der Waals surface area contributed by atoms with Crippen LogP contribution in [0.25, 0.3) is 0 Å². The fourth-order valence-electron chi connectivity index (χ4n) is 2.25. The second kappa shape index (κ2) is 8.10. The molecule has 5 heteroatoms. The first-order chi connectivity index (χ1) is 11.1. The van der Waals surface area contributed by atoms with Crippen molar-refractivity contribution in [3.8, 4) is 0 Å². The monoisotopic (exact) mass is 312 g/mol. The Bertz CT molecular complexity index is 671. The van der Waals surface area contributed by atoms with E-state index in [4.69, 9.17) is 0 Å². The Kier molecular flexibility index (Phi) is 5.88. The lowest BCUT2D eigenvalue weighted by Gasteiger charge is -2.23. The van der Waals surface area contributed by atoms with E-state index >= 15 is 0 Å². The number of aliphatic hydroxyl groups is 1. The van der Waals surface area contributed by atoms with Crippen LogP contribution in [0.1, 0.15) is 17.3 Å². The molecule has 0 saturated heterocycles. The second-order valence-electron chi connectivity index (χ2n) is 5.17. The summed E-state index contributed by atoms with van der Waals surface area (Å²) in [6.45, 7) is 1.93. The molecule has 0 unspecified atom stereocenters. The number of carbonyl (C=O) groups excluding carboxylic acids is 2. The molecule has 0 aromatic heterocycles. The molecule has 0 radical (unpaired) electrons. The van der Waals surface area contributed by atoms with Crippen molar-refractivity contribution in [2.24, 2.45) is 0 Å². The van der Waals surface area contributed by atoms with Crippen molar-refractivity contribution in [2.45, 2.75) is 6.92 Å². The number of nitrogens with one attached hydrogen (secondary N) is 1. The molecule has 1 amide bonds. The van der Waals surface area contributed by atoms with Crippen LogP contribution >= 0.6 is 0 Å². The number of anilines is 2. The molecule has 0 aliphatic carbocycles. The van der Waals surface area contributed by atoms with E-state index in [9.17, 15) is 14.7 Å². The summed E-state index contributed by atoms with van der Waals surface area (Å²) < 4.78 is 0. The lowest BCUT2D eigenvalue weighted by molar-refractivity contribution is -0.115. The standard InChI is InChI=1S/C18H20N2O3/c1-14(22)15-6-5-7-16(12-15)19-18(23)13-20(10-11-21)17-8-3-2-4-9-17/h2-9,12,21H,10-11,13H2,1H3,(H,19,23). The van der Waals surface area contributed by atoms with Crippen molar-refractivity contribution >= 4 is 23.1 Å². The molecule has 0 saturated carbocycles. The molecule has 2 rings (SSSR count). The van der Waals surface area contributed by atoms with Crippen LogP contribution in [0, 0.1) is 0 Å². The number of rotatable bonds is 7. The van der Waals surface area contributed by atoms with Crippen LogP contribution in [0.5, 0.6) is 0 Å². The van der Waals surface area contributed by atoms with E-state index in [1.54, 1.807) is 29.2 Å². The molecule has 0 aliphatic heterocycles. The maximum absolute atomic E-state index is 12.2. The fourth-order valence-corrected chi connectivity index (χ4v) is 2.25. The van der Waals surface area contributed by atoms with Crippen molar-refractivity contribution in [1.82, 2.24) is 0 Å². The number of amides is 1. The van der Waals surface area contributed by atoms with Gasteiger partial charge in [0, 0.05) is 23.5 Å². The van der Waals surface area contributed by atoms with Crippen molar-refractivity contribution in [3.05, 3.63) is 60.2 Å². The van der Waals surface area contributed by atoms with Crippen LogP contribution in [-0.2, 0) is 4.79 Å². The molecular weight excluding hydrogens is 292 g/mol. The van der Waals surface area contributed by atoms with Crippen LogP contribution in [-0.4, -0.2) is 36.5 Å². The second-order valence-corrected chi connectivity index (χ2v) is 5.17. The van der Waals surface area contributed by atoms with Gasteiger partial charge in [0.1, 0.15) is 0 Å². The number of nitrogens with zero attached hydrogens (tertiary/aromatic N) is 1. The van der Waals surface area contributed by atoms with E-state index < -0.39 is 0 Å². The molecule has 120 valence electrons. The van der Waals surface area contributed by atoms with Gasteiger partial charge in [0.2, 0.25) is 5.91 Å². The molecule has 0 spiro atoms. The molecule has 2 aromatic rings. The minimum atomic E-state index is -0.206. The Morgan fingerprint density at radius 1 is 1.09 bits per heavy atom. The average Bonchev–Trinajstić information content (AvgIpc) is 2.55. The predicted molar refractivity (Wildman–Crippen MR) is 90.8 cm³/mol. The maximum Gasteiger partial charge on any atom is 0.243 e. The minimum absolute atomic E-state index is 0.0397. The van der Waals surface area contributed by atoms with Crippen LogP contribution in [0.15, 0.2) is 54.6 Å². The summed E-state index contributed by atoms with van der Waals surface area (Å²) in [5, 5.41) is 12.0. The Morgan fingerprint density at radius 2 is 1.83 bits per heavy atom. The van der Waals surface area contributed by atoms with Gasteiger partial charge in [0.05, 0.1) is 13.2 Å². The third-order valence-electron chi connectivity index (χ3n) is 3.38. The Morgan fingerprint density at radius 3 is 2.48 bits per heavy atom. The number of hydrogen-bond donors (Lipinski definition) is 2. The number of benzene rings is 2. The number of Topliss-reactive ketones (excluding diaryl/α,β-unsaturated/α-hetero) is 1. The lowest BCUT2D eigenvalue weighted by Crippen LogP contribution is -2.35.